The average Bonchev–Trinajstić information content (AvgIpc) is 2.17. The van der Waals surface area contributed by atoms with Crippen LogP contribution in [0.2, 0.25) is 0 Å². The fourth-order valence-electron chi connectivity index (χ4n) is 1.26. The van der Waals surface area contributed by atoms with Crippen molar-refractivity contribution in [3.8, 4) is 0 Å². The molecule has 0 aliphatic heterocycles. The third-order valence-electron chi connectivity index (χ3n) is 2.09. The van der Waals surface area contributed by atoms with Crippen LogP contribution in [-0.4, -0.2) is 36.1 Å². The molecule has 3 heteroatoms. The zero-order valence-corrected chi connectivity index (χ0v) is 12.3. The molecular weight excluding hydrogens is 222 g/mol. The monoisotopic (exact) mass is 249 g/mol. The zero-order valence-electron chi connectivity index (χ0n) is 10.7. The maximum atomic E-state index is 3.59. The molecule has 0 spiro atoms. The van der Waals surface area contributed by atoms with Crippen LogP contribution in [0, 0.1) is 5.92 Å². The highest BCUT2D eigenvalue weighted by Gasteiger charge is 2.01. The standard InChI is InChI=1S/C12H27NS2/c1-11(2)9-15-10-12(3)13-7-5-6-8-14-4/h11-13H,5-10H2,1-4H3. The summed E-state index contributed by atoms with van der Waals surface area (Å²) in [6, 6.07) is 0.669. The first kappa shape index (κ1) is 15.7. The van der Waals surface area contributed by atoms with Crippen molar-refractivity contribution in [2.24, 2.45) is 5.92 Å². The Hall–Kier alpha value is 0.660. The highest BCUT2D eigenvalue weighted by molar-refractivity contribution is 7.99. The molecule has 92 valence electrons. The molecule has 1 N–H and O–H groups in total. The van der Waals surface area contributed by atoms with Gasteiger partial charge in [-0.05, 0) is 50.0 Å². The van der Waals surface area contributed by atoms with Crippen LogP contribution in [-0.2, 0) is 0 Å². The molecule has 0 aromatic heterocycles. The van der Waals surface area contributed by atoms with Crippen molar-refractivity contribution in [2.45, 2.75) is 39.7 Å². The highest BCUT2D eigenvalue weighted by atomic mass is 32.2. The lowest BCUT2D eigenvalue weighted by atomic mass is 10.3. The minimum absolute atomic E-state index is 0.669. The number of nitrogens with one attached hydrogen (secondary N) is 1. The molecule has 1 nitrogen and oxygen atoms in total. The molecule has 0 rings (SSSR count). The number of hydrogen-bond acceptors (Lipinski definition) is 3. The van der Waals surface area contributed by atoms with Gasteiger partial charge in [-0.15, -0.1) is 0 Å². The van der Waals surface area contributed by atoms with Gasteiger partial charge >= 0.3 is 0 Å². The number of hydrogen-bond donors (Lipinski definition) is 1. The Labute approximate surface area is 105 Å². The third-order valence-corrected chi connectivity index (χ3v) is 4.42. The lowest BCUT2D eigenvalue weighted by Crippen LogP contribution is -2.29. The summed E-state index contributed by atoms with van der Waals surface area (Å²) in [5.74, 6) is 4.67. The first-order valence-electron chi connectivity index (χ1n) is 5.97. The molecule has 0 aliphatic rings. The lowest BCUT2D eigenvalue weighted by molar-refractivity contribution is 0.573. The van der Waals surface area contributed by atoms with Crippen LogP contribution in [0.5, 0.6) is 0 Å². The Bertz CT molecular complexity index is 129. The molecule has 0 amide bonds. The molecule has 0 saturated carbocycles. The molecule has 1 atom stereocenters. The fraction of sp³-hybridized carbons (Fsp3) is 1.00. The summed E-state index contributed by atoms with van der Waals surface area (Å²) >= 11 is 4.02. The van der Waals surface area contributed by atoms with Crippen LogP contribution in [0.15, 0.2) is 0 Å². The van der Waals surface area contributed by atoms with E-state index in [0.717, 1.165) is 5.92 Å². The Morgan fingerprint density at radius 1 is 1.07 bits per heavy atom. The van der Waals surface area contributed by atoms with E-state index in [1.165, 1.54) is 36.6 Å². The van der Waals surface area contributed by atoms with Gasteiger partial charge < -0.3 is 5.32 Å². The van der Waals surface area contributed by atoms with Crippen molar-refractivity contribution in [1.82, 2.24) is 5.32 Å². The largest absolute Gasteiger partial charge is 0.313 e. The van der Waals surface area contributed by atoms with Crippen molar-refractivity contribution in [2.75, 3.05) is 30.1 Å². The van der Waals surface area contributed by atoms with Gasteiger partial charge in [-0.25, -0.2) is 0 Å². The van der Waals surface area contributed by atoms with Gasteiger partial charge in [0.1, 0.15) is 0 Å². The minimum Gasteiger partial charge on any atom is -0.313 e. The zero-order chi connectivity index (χ0) is 11.5. The molecule has 0 aromatic rings. The van der Waals surface area contributed by atoms with Crippen LogP contribution in [0.3, 0.4) is 0 Å². The van der Waals surface area contributed by atoms with Gasteiger partial charge in [0, 0.05) is 11.8 Å². The molecule has 0 heterocycles. The van der Waals surface area contributed by atoms with Crippen LogP contribution < -0.4 is 5.32 Å². The summed E-state index contributed by atoms with van der Waals surface area (Å²) < 4.78 is 0. The maximum Gasteiger partial charge on any atom is 0.0129 e. The third kappa shape index (κ3) is 12.6. The van der Waals surface area contributed by atoms with Crippen LogP contribution in [0.4, 0.5) is 0 Å². The lowest BCUT2D eigenvalue weighted by Gasteiger charge is -2.14. The topological polar surface area (TPSA) is 12.0 Å². The van der Waals surface area contributed by atoms with E-state index in [1.807, 2.05) is 11.8 Å². The average molecular weight is 249 g/mol. The van der Waals surface area contributed by atoms with Gasteiger partial charge in [0.05, 0.1) is 0 Å². The second-order valence-corrected chi connectivity index (χ2v) is 6.55. The van der Waals surface area contributed by atoms with E-state index < -0.39 is 0 Å². The van der Waals surface area contributed by atoms with Crippen molar-refractivity contribution in [3.63, 3.8) is 0 Å². The van der Waals surface area contributed by atoms with E-state index in [0.29, 0.717) is 6.04 Å². The summed E-state index contributed by atoms with van der Waals surface area (Å²) in [5, 5.41) is 3.59. The number of rotatable bonds is 10. The molecule has 0 radical (unpaired) electrons. The molecule has 15 heavy (non-hydrogen) atoms. The molecule has 0 fully saturated rings. The molecule has 0 aromatic carbocycles. The molecule has 0 aliphatic carbocycles. The molecular formula is C12H27NS2. The second-order valence-electron chi connectivity index (χ2n) is 4.49. The SMILES string of the molecule is CSCCCCNC(C)CSCC(C)C. The number of thioether (sulfide) groups is 2. The van der Waals surface area contributed by atoms with Crippen LogP contribution in [0.1, 0.15) is 33.6 Å². The summed E-state index contributed by atoms with van der Waals surface area (Å²) in [4.78, 5) is 0. The Morgan fingerprint density at radius 3 is 2.40 bits per heavy atom. The van der Waals surface area contributed by atoms with E-state index in [1.54, 1.807) is 0 Å². The predicted octanol–water partition coefficient (Wildman–Crippen LogP) is 3.50. The summed E-state index contributed by atoms with van der Waals surface area (Å²) in [7, 11) is 0. The van der Waals surface area contributed by atoms with E-state index in [9.17, 15) is 0 Å². The van der Waals surface area contributed by atoms with Crippen molar-refractivity contribution < 1.29 is 0 Å². The van der Waals surface area contributed by atoms with Crippen molar-refractivity contribution >= 4 is 23.5 Å². The van der Waals surface area contributed by atoms with Crippen LogP contribution >= 0.6 is 23.5 Å². The normalized spacial score (nSPS) is 13.4. The van der Waals surface area contributed by atoms with Gasteiger partial charge in [0.25, 0.3) is 0 Å². The molecule has 0 saturated heterocycles. The Kier molecular flexibility index (Phi) is 11.6. The van der Waals surface area contributed by atoms with Gasteiger partial charge in [0.2, 0.25) is 0 Å². The van der Waals surface area contributed by atoms with Crippen LogP contribution in [0.25, 0.3) is 0 Å². The maximum absolute atomic E-state index is 3.59. The van der Waals surface area contributed by atoms with E-state index in [-0.39, 0.29) is 0 Å². The van der Waals surface area contributed by atoms with E-state index in [2.05, 4.69) is 44.1 Å². The second kappa shape index (κ2) is 11.2. The first-order valence-corrected chi connectivity index (χ1v) is 8.51. The van der Waals surface area contributed by atoms with E-state index in [4.69, 9.17) is 0 Å². The Balaban J connectivity index is 3.15. The molecule has 1 unspecified atom stereocenters. The fourth-order valence-corrected chi connectivity index (χ4v) is 2.83. The van der Waals surface area contributed by atoms with Gasteiger partial charge in [-0.2, -0.15) is 23.5 Å². The summed E-state index contributed by atoms with van der Waals surface area (Å²) in [6.07, 6.45) is 4.85. The predicted molar refractivity (Wildman–Crippen MR) is 77.2 cm³/mol. The smallest absolute Gasteiger partial charge is 0.0129 e. The quantitative estimate of drug-likeness (QED) is 0.595. The highest BCUT2D eigenvalue weighted by Crippen LogP contribution is 2.08. The van der Waals surface area contributed by atoms with Crippen molar-refractivity contribution in [1.29, 1.82) is 0 Å². The number of unbranched alkanes of at least 4 members (excludes halogenated alkanes) is 1. The molecule has 0 bridgehead atoms. The minimum atomic E-state index is 0.669. The van der Waals surface area contributed by atoms with Crippen molar-refractivity contribution in [3.05, 3.63) is 0 Å². The van der Waals surface area contributed by atoms with Gasteiger partial charge in [0.15, 0.2) is 0 Å². The van der Waals surface area contributed by atoms with Gasteiger partial charge in [-0.3, -0.25) is 0 Å². The van der Waals surface area contributed by atoms with Gasteiger partial charge in [-0.1, -0.05) is 13.8 Å². The Morgan fingerprint density at radius 2 is 1.80 bits per heavy atom. The summed E-state index contributed by atoms with van der Waals surface area (Å²) in [5.41, 5.74) is 0. The summed E-state index contributed by atoms with van der Waals surface area (Å²) in [6.45, 7) is 8.05. The first-order chi connectivity index (χ1) is 7.16. The van der Waals surface area contributed by atoms with E-state index >= 15 is 0 Å².